The van der Waals surface area contributed by atoms with Crippen molar-refractivity contribution < 1.29 is 19.2 Å². The first kappa shape index (κ1) is 16.3. The number of hydrogen-bond acceptors (Lipinski definition) is 6. The molecule has 0 spiro atoms. The lowest BCUT2D eigenvalue weighted by Crippen LogP contribution is -2.44. The Morgan fingerprint density at radius 3 is 2.68 bits per heavy atom. The Labute approximate surface area is 145 Å². The maximum absolute atomic E-state index is 12.2. The Hall–Kier alpha value is -2.16. The number of rotatable bonds is 4. The fraction of sp³-hybridized carbons (Fsp3) is 0.750. The molecular weight excluding hydrogens is 326 g/mol. The van der Waals surface area contributed by atoms with Crippen molar-refractivity contribution in [3.8, 4) is 0 Å². The molecule has 2 amide bonds. The van der Waals surface area contributed by atoms with E-state index in [-0.39, 0.29) is 18.5 Å². The number of fused-ring (bicyclic) bond motifs is 1. The molecule has 0 radical (unpaired) electrons. The summed E-state index contributed by atoms with van der Waals surface area (Å²) in [5.74, 6) is 0.813. The summed E-state index contributed by atoms with van der Waals surface area (Å²) in [5.41, 5.74) is -0.908. The van der Waals surface area contributed by atoms with E-state index in [1.807, 2.05) is 0 Å². The van der Waals surface area contributed by atoms with Crippen LogP contribution in [0.15, 0.2) is 4.52 Å². The van der Waals surface area contributed by atoms with Crippen LogP contribution in [0.25, 0.3) is 0 Å². The van der Waals surface area contributed by atoms with Gasteiger partial charge < -0.3 is 19.4 Å². The number of aromatic nitrogens is 2. The van der Waals surface area contributed by atoms with E-state index >= 15 is 0 Å². The smallest absolute Gasteiger partial charge is 0.319 e. The van der Waals surface area contributed by atoms with Crippen molar-refractivity contribution in [2.75, 3.05) is 40.3 Å². The van der Waals surface area contributed by atoms with Crippen LogP contribution in [-0.4, -0.2) is 82.2 Å². The molecule has 1 aromatic rings. The standard InChI is InChI=1S/C16H23N5O4/c1-19(2)15(24)21-6-11-5-20(8-16(11,9-21)14(22)23)7-12-17-13(25-18-12)10-3-4-10/h10-11H,3-9H2,1-2H3,(H,22,23)/t11-,16-/m0/s1. The third kappa shape index (κ3) is 2.76. The van der Waals surface area contributed by atoms with Gasteiger partial charge in [-0.05, 0) is 12.8 Å². The monoisotopic (exact) mass is 349 g/mol. The molecule has 1 N–H and O–H groups in total. The third-order valence-corrected chi connectivity index (χ3v) is 5.53. The van der Waals surface area contributed by atoms with Crippen molar-refractivity contribution in [1.82, 2.24) is 24.8 Å². The molecule has 0 unspecified atom stereocenters. The fourth-order valence-corrected chi connectivity index (χ4v) is 4.05. The van der Waals surface area contributed by atoms with Crippen LogP contribution in [0.4, 0.5) is 4.79 Å². The van der Waals surface area contributed by atoms with Gasteiger partial charge in [-0.1, -0.05) is 5.16 Å². The second-order valence-corrected chi connectivity index (χ2v) is 7.71. The highest BCUT2D eigenvalue weighted by Crippen LogP contribution is 2.43. The highest BCUT2D eigenvalue weighted by Gasteiger charge is 2.58. The maximum atomic E-state index is 12.2. The van der Waals surface area contributed by atoms with Crippen LogP contribution >= 0.6 is 0 Å². The zero-order valence-corrected chi connectivity index (χ0v) is 14.5. The first-order chi connectivity index (χ1) is 11.9. The predicted molar refractivity (Wildman–Crippen MR) is 85.8 cm³/mol. The lowest BCUT2D eigenvalue weighted by molar-refractivity contribution is -0.148. The van der Waals surface area contributed by atoms with E-state index in [1.165, 1.54) is 4.90 Å². The fourth-order valence-electron chi connectivity index (χ4n) is 4.05. The normalized spacial score (nSPS) is 29.0. The van der Waals surface area contributed by atoms with Crippen LogP contribution in [-0.2, 0) is 11.3 Å². The van der Waals surface area contributed by atoms with Crippen molar-refractivity contribution in [1.29, 1.82) is 0 Å². The van der Waals surface area contributed by atoms with Gasteiger partial charge in [0, 0.05) is 52.1 Å². The quantitative estimate of drug-likeness (QED) is 0.841. The van der Waals surface area contributed by atoms with Crippen molar-refractivity contribution in [3.63, 3.8) is 0 Å². The molecule has 1 aromatic heterocycles. The van der Waals surface area contributed by atoms with Gasteiger partial charge in [0.05, 0.1) is 6.54 Å². The van der Waals surface area contributed by atoms with Crippen LogP contribution in [0, 0.1) is 11.3 Å². The van der Waals surface area contributed by atoms with E-state index in [0.29, 0.717) is 43.8 Å². The summed E-state index contributed by atoms with van der Waals surface area (Å²) in [4.78, 5) is 33.8. The number of likely N-dealkylation sites (tertiary alicyclic amines) is 2. The van der Waals surface area contributed by atoms with Crippen LogP contribution < -0.4 is 0 Å². The number of carbonyl (C=O) groups is 2. The number of aliphatic carboxylic acids is 1. The largest absolute Gasteiger partial charge is 0.481 e. The summed E-state index contributed by atoms with van der Waals surface area (Å²) >= 11 is 0. The van der Waals surface area contributed by atoms with Gasteiger partial charge in [0.25, 0.3) is 0 Å². The van der Waals surface area contributed by atoms with Gasteiger partial charge in [-0.15, -0.1) is 0 Å². The molecule has 25 heavy (non-hydrogen) atoms. The topological polar surface area (TPSA) is 103 Å². The van der Waals surface area contributed by atoms with E-state index in [2.05, 4.69) is 15.0 Å². The molecule has 136 valence electrons. The molecule has 2 saturated heterocycles. The average molecular weight is 349 g/mol. The van der Waals surface area contributed by atoms with E-state index < -0.39 is 11.4 Å². The molecule has 1 saturated carbocycles. The molecule has 0 aromatic carbocycles. The summed E-state index contributed by atoms with van der Waals surface area (Å²) < 4.78 is 5.28. The third-order valence-electron chi connectivity index (χ3n) is 5.53. The Bertz CT molecular complexity index is 700. The van der Waals surface area contributed by atoms with E-state index in [1.54, 1.807) is 19.0 Å². The van der Waals surface area contributed by atoms with Crippen molar-refractivity contribution in [2.24, 2.45) is 11.3 Å². The van der Waals surface area contributed by atoms with Gasteiger partial charge in [-0.2, -0.15) is 4.98 Å². The predicted octanol–water partition coefficient (Wildman–Crippen LogP) is 0.447. The molecular formula is C16H23N5O4. The van der Waals surface area contributed by atoms with Crippen LogP contribution in [0.1, 0.15) is 30.5 Å². The molecule has 2 aliphatic heterocycles. The van der Waals surface area contributed by atoms with Gasteiger partial charge in [-0.3, -0.25) is 9.69 Å². The highest BCUT2D eigenvalue weighted by molar-refractivity contribution is 5.80. The number of nitrogens with zero attached hydrogens (tertiary/aromatic N) is 5. The molecule has 3 aliphatic rings. The van der Waals surface area contributed by atoms with Crippen molar-refractivity contribution in [2.45, 2.75) is 25.3 Å². The van der Waals surface area contributed by atoms with Crippen LogP contribution in [0.5, 0.6) is 0 Å². The summed E-state index contributed by atoms with van der Waals surface area (Å²) in [7, 11) is 3.37. The SMILES string of the molecule is CN(C)C(=O)N1C[C@@H]2CN(Cc3noc(C4CC4)n3)C[C@]2(C(=O)O)C1. The summed E-state index contributed by atoms with van der Waals surface area (Å²) in [6.07, 6.45) is 2.20. The molecule has 2 atom stereocenters. The molecule has 3 fully saturated rings. The van der Waals surface area contributed by atoms with Crippen molar-refractivity contribution >= 4 is 12.0 Å². The molecule has 4 rings (SSSR count). The van der Waals surface area contributed by atoms with Gasteiger partial charge in [0.1, 0.15) is 5.41 Å². The Kier molecular flexibility index (Phi) is 3.71. The molecule has 9 heteroatoms. The Morgan fingerprint density at radius 1 is 1.32 bits per heavy atom. The summed E-state index contributed by atoms with van der Waals surface area (Å²) in [6.45, 7) is 2.23. The van der Waals surface area contributed by atoms with Crippen LogP contribution in [0.3, 0.4) is 0 Å². The minimum atomic E-state index is -0.908. The summed E-state index contributed by atoms with van der Waals surface area (Å²) in [6, 6.07) is -0.131. The zero-order valence-electron chi connectivity index (χ0n) is 14.5. The lowest BCUT2D eigenvalue weighted by Gasteiger charge is -2.26. The summed E-state index contributed by atoms with van der Waals surface area (Å²) in [5, 5.41) is 13.9. The van der Waals surface area contributed by atoms with E-state index in [4.69, 9.17) is 4.52 Å². The molecule has 9 nitrogen and oxygen atoms in total. The average Bonchev–Trinajstić information content (AvgIpc) is 3.04. The van der Waals surface area contributed by atoms with E-state index in [9.17, 15) is 14.7 Å². The lowest BCUT2D eigenvalue weighted by atomic mass is 9.81. The number of amides is 2. The maximum Gasteiger partial charge on any atom is 0.319 e. The minimum absolute atomic E-state index is 0.0799. The van der Waals surface area contributed by atoms with Crippen LogP contribution in [0.2, 0.25) is 0 Å². The van der Waals surface area contributed by atoms with E-state index in [0.717, 1.165) is 12.8 Å². The van der Waals surface area contributed by atoms with Gasteiger partial charge in [-0.25, -0.2) is 4.79 Å². The van der Waals surface area contributed by atoms with Gasteiger partial charge in [0.15, 0.2) is 5.82 Å². The first-order valence-electron chi connectivity index (χ1n) is 8.63. The highest BCUT2D eigenvalue weighted by atomic mass is 16.5. The Morgan fingerprint density at radius 2 is 2.08 bits per heavy atom. The minimum Gasteiger partial charge on any atom is -0.481 e. The van der Waals surface area contributed by atoms with Gasteiger partial charge in [0.2, 0.25) is 5.89 Å². The first-order valence-corrected chi connectivity index (χ1v) is 8.63. The number of carbonyl (C=O) groups excluding carboxylic acids is 1. The number of carboxylic acid groups (broad SMARTS) is 1. The second kappa shape index (κ2) is 5.69. The number of hydrogen-bond donors (Lipinski definition) is 1. The second-order valence-electron chi connectivity index (χ2n) is 7.71. The number of carboxylic acids is 1. The zero-order chi connectivity index (χ0) is 17.8. The molecule has 0 bridgehead atoms. The van der Waals surface area contributed by atoms with Gasteiger partial charge >= 0.3 is 12.0 Å². The molecule has 3 heterocycles. The number of urea groups is 1. The Balaban J connectivity index is 1.45. The molecule has 1 aliphatic carbocycles. The van der Waals surface area contributed by atoms with Crippen molar-refractivity contribution in [3.05, 3.63) is 11.7 Å².